The number of anilines is 1. The van der Waals surface area contributed by atoms with Crippen LogP contribution in [0.25, 0.3) is 0 Å². The molecule has 1 heterocycles. The monoisotopic (exact) mass is 408 g/mol. The van der Waals surface area contributed by atoms with Crippen molar-refractivity contribution in [2.24, 2.45) is 0 Å². The SMILES string of the molecule is CCS(=O)(=O)N1CCC(C(=O)Nc2ccc(F)cc2F)(c2ccccc2)CC1. The summed E-state index contributed by atoms with van der Waals surface area (Å²) in [5.41, 5.74) is -0.365. The van der Waals surface area contributed by atoms with Gasteiger partial charge in [0.15, 0.2) is 0 Å². The zero-order valence-corrected chi connectivity index (χ0v) is 16.3. The predicted molar refractivity (Wildman–Crippen MR) is 103 cm³/mol. The molecule has 0 bridgehead atoms. The fourth-order valence-electron chi connectivity index (χ4n) is 3.57. The highest BCUT2D eigenvalue weighted by Gasteiger charge is 2.44. The molecule has 1 fully saturated rings. The molecule has 0 unspecified atom stereocenters. The minimum absolute atomic E-state index is 0.00166. The molecule has 2 aromatic rings. The second kappa shape index (κ2) is 7.97. The molecule has 8 heteroatoms. The molecule has 5 nitrogen and oxygen atoms in total. The molecule has 0 atom stereocenters. The molecular formula is C20H22F2N2O3S. The minimum atomic E-state index is -3.35. The van der Waals surface area contributed by atoms with Gasteiger partial charge in [-0.3, -0.25) is 4.79 Å². The highest BCUT2D eigenvalue weighted by Crippen LogP contribution is 2.37. The van der Waals surface area contributed by atoms with Gasteiger partial charge in [0.1, 0.15) is 11.6 Å². The summed E-state index contributed by atoms with van der Waals surface area (Å²) in [5, 5.41) is 2.57. The van der Waals surface area contributed by atoms with Gasteiger partial charge in [0, 0.05) is 19.2 Å². The lowest BCUT2D eigenvalue weighted by Gasteiger charge is -2.40. The van der Waals surface area contributed by atoms with E-state index in [2.05, 4.69) is 5.32 Å². The number of rotatable bonds is 5. The van der Waals surface area contributed by atoms with Gasteiger partial charge < -0.3 is 5.32 Å². The molecule has 0 spiro atoms. The van der Waals surface area contributed by atoms with E-state index in [1.807, 2.05) is 18.2 Å². The van der Waals surface area contributed by atoms with Crippen LogP contribution in [0.5, 0.6) is 0 Å². The van der Waals surface area contributed by atoms with Crippen LogP contribution < -0.4 is 5.32 Å². The first-order valence-corrected chi connectivity index (χ1v) is 10.7. The molecule has 28 heavy (non-hydrogen) atoms. The summed E-state index contributed by atoms with van der Waals surface area (Å²) in [5.74, 6) is -2.02. The molecule has 1 aliphatic rings. The molecule has 2 aromatic carbocycles. The number of piperidine rings is 1. The van der Waals surface area contributed by atoms with Crippen molar-refractivity contribution in [2.75, 3.05) is 24.2 Å². The fourth-order valence-corrected chi connectivity index (χ4v) is 4.67. The Morgan fingerprint density at radius 3 is 2.32 bits per heavy atom. The second-order valence-corrected chi connectivity index (χ2v) is 9.08. The number of hydrogen-bond donors (Lipinski definition) is 1. The fraction of sp³-hybridized carbons (Fsp3) is 0.350. The Bertz CT molecular complexity index is 957. The molecule has 1 N–H and O–H groups in total. The van der Waals surface area contributed by atoms with Gasteiger partial charge in [-0.15, -0.1) is 0 Å². The lowest BCUT2D eigenvalue weighted by Crippen LogP contribution is -2.51. The van der Waals surface area contributed by atoms with E-state index in [4.69, 9.17) is 0 Å². The maximum Gasteiger partial charge on any atom is 0.235 e. The lowest BCUT2D eigenvalue weighted by molar-refractivity contribution is -0.123. The molecule has 1 aliphatic heterocycles. The Labute approximate surface area is 163 Å². The average Bonchev–Trinajstić information content (AvgIpc) is 2.70. The van der Waals surface area contributed by atoms with E-state index in [-0.39, 0.29) is 37.4 Å². The zero-order valence-electron chi connectivity index (χ0n) is 15.5. The van der Waals surface area contributed by atoms with Gasteiger partial charge >= 0.3 is 0 Å². The van der Waals surface area contributed by atoms with Crippen LogP contribution in [0.3, 0.4) is 0 Å². The molecule has 0 aliphatic carbocycles. The van der Waals surface area contributed by atoms with E-state index in [0.717, 1.165) is 11.6 Å². The Hall–Kier alpha value is -2.32. The lowest BCUT2D eigenvalue weighted by atomic mass is 9.72. The van der Waals surface area contributed by atoms with E-state index >= 15 is 0 Å². The first-order chi connectivity index (χ1) is 13.3. The topological polar surface area (TPSA) is 66.5 Å². The van der Waals surface area contributed by atoms with Crippen molar-refractivity contribution in [1.82, 2.24) is 4.31 Å². The number of benzene rings is 2. The number of halogens is 2. The minimum Gasteiger partial charge on any atom is -0.323 e. The van der Waals surface area contributed by atoms with Gasteiger partial charge in [-0.2, -0.15) is 0 Å². The van der Waals surface area contributed by atoms with Gasteiger partial charge in [-0.25, -0.2) is 21.5 Å². The molecule has 0 aromatic heterocycles. The predicted octanol–water partition coefficient (Wildman–Crippen LogP) is 3.29. The van der Waals surface area contributed by atoms with E-state index in [1.54, 1.807) is 19.1 Å². The quantitative estimate of drug-likeness (QED) is 0.826. The van der Waals surface area contributed by atoms with Crippen molar-refractivity contribution < 1.29 is 22.0 Å². The summed E-state index contributed by atoms with van der Waals surface area (Å²) in [4.78, 5) is 13.2. The van der Waals surface area contributed by atoms with Crippen molar-refractivity contribution in [3.63, 3.8) is 0 Å². The van der Waals surface area contributed by atoms with Crippen LogP contribution in [-0.4, -0.2) is 37.5 Å². The van der Waals surface area contributed by atoms with Crippen molar-refractivity contribution in [2.45, 2.75) is 25.2 Å². The third-order valence-electron chi connectivity index (χ3n) is 5.27. The molecule has 1 amide bonds. The number of carbonyl (C=O) groups excluding carboxylic acids is 1. The van der Waals surface area contributed by atoms with Crippen LogP contribution >= 0.6 is 0 Å². The highest BCUT2D eigenvalue weighted by atomic mass is 32.2. The number of nitrogens with zero attached hydrogens (tertiary/aromatic N) is 1. The Morgan fingerprint density at radius 2 is 1.75 bits per heavy atom. The summed E-state index contributed by atoms with van der Waals surface area (Å²) in [6, 6.07) is 12.0. The molecular weight excluding hydrogens is 386 g/mol. The molecule has 3 rings (SSSR count). The number of hydrogen-bond acceptors (Lipinski definition) is 3. The van der Waals surface area contributed by atoms with Crippen LogP contribution in [0.4, 0.5) is 14.5 Å². The van der Waals surface area contributed by atoms with Crippen LogP contribution in [0, 0.1) is 11.6 Å². The smallest absolute Gasteiger partial charge is 0.235 e. The summed E-state index contributed by atoms with van der Waals surface area (Å²) in [6.07, 6.45) is 0.537. The summed E-state index contributed by atoms with van der Waals surface area (Å²) < 4.78 is 52.9. The third kappa shape index (κ3) is 3.93. The van der Waals surface area contributed by atoms with E-state index in [1.165, 1.54) is 10.4 Å². The van der Waals surface area contributed by atoms with Crippen LogP contribution in [-0.2, 0) is 20.2 Å². The van der Waals surface area contributed by atoms with E-state index < -0.39 is 33.0 Å². The number of amides is 1. The molecule has 0 saturated carbocycles. The second-order valence-electron chi connectivity index (χ2n) is 6.83. The average molecular weight is 408 g/mol. The van der Waals surface area contributed by atoms with Gasteiger partial charge in [-0.1, -0.05) is 30.3 Å². The zero-order chi connectivity index (χ0) is 20.4. The number of nitrogens with one attached hydrogen (secondary N) is 1. The Balaban J connectivity index is 1.91. The molecule has 0 radical (unpaired) electrons. The Kier molecular flexibility index (Phi) is 5.81. The Morgan fingerprint density at radius 1 is 1.11 bits per heavy atom. The summed E-state index contributed by atoms with van der Waals surface area (Å²) in [6.45, 7) is 1.98. The maximum atomic E-state index is 14.0. The van der Waals surface area contributed by atoms with Gasteiger partial charge in [0.05, 0.1) is 16.9 Å². The van der Waals surface area contributed by atoms with Crippen molar-refractivity contribution in [3.8, 4) is 0 Å². The molecule has 150 valence electrons. The van der Waals surface area contributed by atoms with Crippen LogP contribution in [0.15, 0.2) is 48.5 Å². The third-order valence-corrected chi connectivity index (χ3v) is 7.16. The standard InChI is InChI=1S/C20H22F2N2O3S/c1-2-28(26,27)24-12-10-20(11-13-24,15-6-4-3-5-7-15)19(25)23-18-9-8-16(21)14-17(18)22/h3-9,14H,2,10-13H2,1H3,(H,23,25). The highest BCUT2D eigenvalue weighted by molar-refractivity contribution is 7.89. The van der Waals surface area contributed by atoms with Gasteiger partial charge in [0.25, 0.3) is 0 Å². The van der Waals surface area contributed by atoms with Crippen molar-refractivity contribution in [3.05, 3.63) is 65.7 Å². The first kappa shape index (κ1) is 20.4. The van der Waals surface area contributed by atoms with Crippen molar-refractivity contribution in [1.29, 1.82) is 0 Å². The van der Waals surface area contributed by atoms with E-state index in [0.29, 0.717) is 6.07 Å². The van der Waals surface area contributed by atoms with Gasteiger partial charge in [-0.05, 0) is 37.5 Å². The van der Waals surface area contributed by atoms with Crippen molar-refractivity contribution >= 4 is 21.6 Å². The maximum absolute atomic E-state index is 14.0. The molecule has 1 saturated heterocycles. The van der Waals surface area contributed by atoms with Crippen LogP contribution in [0.2, 0.25) is 0 Å². The number of sulfonamides is 1. The first-order valence-electron chi connectivity index (χ1n) is 9.08. The normalized spacial score (nSPS) is 17.2. The van der Waals surface area contributed by atoms with Gasteiger partial charge in [0.2, 0.25) is 15.9 Å². The van der Waals surface area contributed by atoms with E-state index in [9.17, 15) is 22.0 Å². The number of carbonyl (C=O) groups is 1. The van der Waals surface area contributed by atoms with Crippen LogP contribution in [0.1, 0.15) is 25.3 Å². The summed E-state index contributed by atoms with van der Waals surface area (Å²) in [7, 11) is -3.35. The summed E-state index contributed by atoms with van der Waals surface area (Å²) >= 11 is 0. The largest absolute Gasteiger partial charge is 0.323 e.